The molecule has 4 rings (SSSR count). The predicted molar refractivity (Wildman–Crippen MR) is 120 cm³/mol. The maximum absolute atomic E-state index is 13.5. The molecule has 0 radical (unpaired) electrons. The summed E-state index contributed by atoms with van der Waals surface area (Å²) < 4.78 is 30.6. The molecule has 1 spiro atoms. The molecular formula is C23H27FN4O5. The zero-order valence-corrected chi connectivity index (χ0v) is 18.4. The maximum atomic E-state index is 13.5. The van der Waals surface area contributed by atoms with E-state index in [0.717, 1.165) is 0 Å². The summed E-state index contributed by atoms with van der Waals surface area (Å²) in [6, 6.07) is 12.1. The average molecular weight is 458 g/mol. The Bertz CT molecular complexity index is 1010. The Kier molecular flexibility index (Phi) is 6.95. The molecule has 0 aromatic heterocycles. The lowest BCUT2D eigenvalue weighted by molar-refractivity contribution is -0.258. The molecule has 2 saturated heterocycles. The van der Waals surface area contributed by atoms with Crippen molar-refractivity contribution < 1.29 is 28.2 Å². The van der Waals surface area contributed by atoms with Crippen LogP contribution >= 0.6 is 0 Å². The summed E-state index contributed by atoms with van der Waals surface area (Å²) in [6.07, 6.45) is 0.609. The third-order valence-corrected chi connectivity index (χ3v) is 5.50. The first-order valence-corrected chi connectivity index (χ1v) is 10.8. The van der Waals surface area contributed by atoms with E-state index in [1.54, 1.807) is 47.2 Å². The maximum Gasteiger partial charge on any atom is 0.322 e. The number of hydrogen-bond donors (Lipinski definition) is 2. The van der Waals surface area contributed by atoms with Crippen LogP contribution in [0.15, 0.2) is 48.5 Å². The lowest BCUT2D eigenvalue weighted by Crippen LogP contribution is -2.60. The van der Waals surface area contributed by atoms with Gasteiger partial charge in [0.1, 0.15) is 11.6 Å². The number of benzene rings is 2. The van der Waals surface area contributed by atoms with Crippen LogP contribution in [-0.2, 0) is 9.47 Å². The highest BCUT2D eigenvalue weighted by atomic mass is 19.1. The number of amides is 4. The molecule has 176 valence electrons. The molecule has 33 heavy (non-hydrogen) atoms. The Hall–Kier alpha value is -3.37. The van der Waals surface area contributed by atoms with E-state index in [-0.39, 0.29) is 31.8 Å². The van der Waals surface area contributed by atoms with Gasteiger partial charge in [-0.2, -0.15) is 0 Å². The summed E-state index contributed by atoms with van der Waals surface area (Å²) >= 11 is 0. The number of urea groups is 2. The Labute approximate surface area is 191 Å². The Morgan fingerprint density at radius 3 is 2.27 bits per heavy atom. The molecule has 0 aliphatic carbocycles. The van der Waals surface area contributed by atoms with Gasteiger partial charge in [-0.1, -0.05) is 12.1 Å². The number of anilines is 2. The third-order valence-electron chi connectivity index (χ3n) is 5.50. The number of methoxy groups -OCH3 is 1. The number of halogens is 1. The number of ether oxygens (including phenoxy) is 3. The second-order valence-corrected chi connectivity index (χ2v) is 7.91. The largest absolute Gasteiger partial charge is 0.497 e. The van der Waals surface area contributed by atoms with Crippen LogP contribution in [0.3, 0.4) is 0 Å². The van der Waals surface area contributed by atoms with Crippen LogP contribution in [-0.4, -0.2) is 74.2 Å². The molecule has 0 saturated carbocycles. The van der Waals surface area contributed by atoms with Gasteiger partial charge in [-0.15, -0.1) is 0 Å². The van der Waals surface area contributed by atoms with Gasteiger partial charge in [-0.3, -0.25) is 0 Å². The molecule has 1 unspecified atom stereocenters. The number of hydrogen-bond acceptors (Lipinski definition) is 5. The van der Waals surface area contributed by atoms with Gasteiger partial charge in [0.2, 0.25) is 5.79 Å². The second-order valence-electron chi connectivity index (χ2n) is 7.91. The molecule has 9 nitrogen and oxygen atoms in total. The van der Waals surface area contributed by atoms with Crippen LogP contribution in [0.4, 0.5) is 25.4 Å². The monoisotopic (exact) mass is 458 g/mol. The molecular weight excluding hydrogens is 431 g/mol. The summed E-state index contributed by atoms with van der Waals surface area (Å²) in [6.45, 7) is 1.78. The molecule has 2 N–H and O–H groups in total. The van der Waals surface area contributed by atoms with E-state index in [9.17, 15) is 14.0 Å². The average Bonchev–Trinajstić information content (AvgIpc) is 3.01. The van der Waals surface area contributed by atoms with Crippen LogP contribution in [0, 0.1) is 5.82 Å². The van der Waals surface area contributed by atoms with Gasteiger partial charge in [-0.05, 0) is 36.8 Å². The number of rotatable bonds is 3. The molecule has 1 atom stereocenters. The minimum atomic E-state index is -1.14. The molecule has 2 aromatic carbocycles. The van der Waals surface area contributed by atoms with Crippen molar-refractivity contribution in [2.45, 2.75) is 12.2 Å². The zero-order chi connectivity index (χ0) is 23.3. The second kappa shape index (κ2) is 10.1. The van der Waals surface area contributed by atoms with Gasteiger partial charge >= 0.3 is 12.1 Å². The van der Waals surface area contributed by atoms with Crippen molar-refractivity contribution in [2.24, 2.45) is 0 Å². The molecule has 2 fully saturated rings. The summed E-state index contributed by atoms with van der Waals surface area (Å²) in [5, 5.41) is 5.57. The minimum absolute atomic E-state index is 0.136. The van der Waals surface area contributed by atoms with Crippen molar-refractivity contribution in [1.29, 1.82) is 0 Å². The predicted octanol–water partition coefficient (Wildman–Crippen LogP) is 3.35. The van der Waals surface area contributed by atoms with Gasteiger partial charge in [0, 0.05) is 30.5 Å². The topological polar surface area (TPSA) is 92.4 Å². The zero-order valence-electron chi connectivity index (χ0n) is 18.4. The molecule has 2 heterocycles. The molecule has 0 bridgehead atoms. The molecule has 2 aromatic rings. The van der Waals surface area contributed by atoms with Crippen LogP contribution in [0.1, 0.15) is 6.42 Å². The number of nitrogens with zero attached hydrogens (tertiary/aromatic N) is 2. The van der Waals surface area contributed by atoms with Crippen molar-refractivity contribution >= 4 is 23.4 Å². The van der Waals surface area contributed by atoms with Crippen molar-refractivity contribution in [3.05, 3.63) is 54.3 Å². The minimum Gasteiger partial charge on any atom is -0.497 e. The summed E-state index contributed by atoms with van der Waals surface area (Å²) in [7, 11) is 1.56. The lowest BCUT2D eigenvalue weighted by atomic mass is 10.2. The van der Waals surface area contributed by atoms with Crippen molar-refractivity contribution in [3.63, 3.8) is 0 Å². The van der Waals surface area contributed by atoms with Crippen LogP contribution in [0.25, 0.3) is 0 Å². The van der Waals surface area contributed by atoms with E-state index in [1.165, 1.54) is 18.2 Å². The fraction of sp³-hybridized carbons (Fsp3) is 0.391. The summed E-state index contributed by atoms with van der Waals surface area (Å²) in [5.74, 6) is -0.935. The van der Waals surface area contributed by atoms with Crippen molar-refractivity contribution in [1.82, 2.24) is 9.80 Å². The van der Waals surface area contributed by atoms with E-state index in [4.69, 9.17) is 14.2 Å². The highest BCUT2D eigenvalue weighted by Crippen LogP contribution is 2.26. The first kappa shape index (κ1) is 22.8. The van der Waals surface area contributed by atoms with E-state index in [2.05, 4.69) is 10.6 Å². The summed E-state index contributed by atoms with van der Waals surface area (Å²) in [4.78, 5) is 28.9. The Balaban J connectivity index is 1.42. The van der Waals surface area contributed by atoms with E-state index >= 15 is 0 Å². The van der Waals surface area contributed by atoms with Gasteiger partial charge in [0.05, 0.1) is 33.4 Å². The first-order valence-electron chi connectivity index (χ1n) is 10.8. The number of morpholine rings is 1. The van der Waals surface area contributed by atoms with Crippen molar-refractivity contribution in [2.75, 3.05) is 57.1 Å². The summed E-state index contributed by atoms with van der Waals surface area (Å²) in [5.41, 5.74) is 0.973. The van der Waals surface area contributed by atoms with Crippen molar-refractivity contribution in [3.8, 4) is 5.75 Å². The molecule has 10 heteroatoms. The fourth-order valence-corrected chi connectivity index (χ4v) is 3.89. The molecule has 2 aliphatic rings. The SMILES string of the molecule is COc1cccc(NC(=O)N2CCOC3(CN(C(=O)Nc4cccc(F)c4)CCCO3)C2)c1. The van der Waals surface area contributed by atoms with Gasteiger partial charge in [0.25, 0.3) is 0 Å². The highest BCUT2D eigenvalue weighted by molar-refractivity contribution is 5.90. The van der Waals surface area contributed by atoms with E-state index in [0.29, 0.717) is 43.2 Å². The number of carbonyl (C=O) groups is 2. The quantitative estimate of drug-likeness (QED) is 0.736. The van der Waals surface area contributed by atoms with Crippen LogP contribution in [0.5, 0.6) is 5.75 Å². The Morgan fingerprint density at radius 1 is 0.939 bits per heavy atom. The van der Waals surface area contributed by atoms with Gasteiger partial charge in [-0.25, -0.2) is 14.0 Å². The van der Waals surface area contributed by atoms with Crippen LogP contribution < -0.4 is 15.4 Å². The standard InChI is InChI=1S/C23H27FN4O5/c1-31-20-8-3-7-19(14-20)26-22(30)28-10-12-33-23(16-28)15-27(9-4-11-32-23)21(29)25-18-6-2-5-17(24)13-18/h2-3,5-8,13-14H,4,9-12,15-16H2,1H3,(H,25,29)(H,26,30). The third kappa shape index (κ3) is 5.71. The van der Waals surface area contributed by atoms with Gasteiger partial charge in [0.15, 0.2) is 0 Å². The number of nitrogens with one attached hydrogen (secondary N) is 2. The lowest BCUT2D eigenvalue weighted by Gasteiger charge is -2.42. The Morgan fingerprint density at radius 2 is 1.58 bits per heavy atom. The first-order chi connectivity index (χ1) is 16.0. The van der Waals surface area contributed by atoms with Crippen LogP contribution in [0.2, 0.25) is 0 Å². The normalized spacial score (nSPS) is 20.8. The van der Waals surface area contributed by atoms with Gasteiger partial charge < -0.3 is 34.6 Å². The molecule has 2 aliphatic heterocycles. The number of carbonyl (C=O) groups excluding carboxylic acids is 2. The smallest absolute Gasteiger partial charge is 0.322 e. The van der Waals surface area contributed by atoms with E-state index < -0.39 is 11.6 Å². The van der Waals surface area contributed by atoms with E-state index in [1.807, 2.05) is 0 Å². The molecule has 4 amide bonds. The highest BCUT2D eigenvalue weighted by Gasteiger charge is 2.43. The fourth-order valence-electron chi connectivity index (χ4n) is 3.89.